The standard InChI is InChI=1S/C13H21N3O2/c1-2-3-4-5-9-18-10-12-11(13(17)16-14)7-6-8-15-12/h6-8H,2-5,9-10,14H2,1H3,(H,16,17). The summed E-state index contributed by atoms with van der Waals surface area (Å²) < 4.78 is 5.52. The molecule has 1 rings (SSSR count). The molecule has 0 aliphatic heterocycles. The van der Waals surface area contributed by atoms with Crippen molar-refractivity contribution in [2.75, 3.05) is 6.61 Å². The molecule has 0 bridgehead atoms. The molecule has 5 nitrogen and oxygen atoms in total. The van der Waals surface area contributed by atoms with Gasteiger partial charge in [0.05, 0.1) is 17.9 Å². The average molecular weight is 251 g/mol. The summed E-state index contributed by atoms with van der Waals surface area (Å²) in [5.41, 5.74) is 3.19. The number of unbranched alkanes of at least 4 members (excludes halogenated alkanes) is 3. The molecular weight excluding hydrogens is 230 g/mol. The van der Waals surface area contributed by atoms with E-state index in [-0.39, 0.29) is 5.91 Å². The van der Waals surface area contributed by atoms with E-state index < -0.39 is 0 Å². The summed E-state index contributed by atoms with van der Waals surface area (Å²) in [6.07, 6.45) is 6.30. The topological polar surface area (TPSA) is 77.2 Å². The maximum Gasteiger partial charge on any atom is 0.267 e. The van der Waals surface area contributed by atoms with E-state index in [1.165, 1.54) is 19.3 Å². The van der Waals surface area contributed by atoms with Gasteiger partial charge in [-0.3, -0.25) is 15.2 Å². The van der Waals surface area contributed by atoms with Gasteiger partial charge in [-0.1, -0.05) is 26.2 Å². The Morgan fingerprint density at radius 3 is 3.00 bits per heavy atom. The molecule has 0 atom stereocenters. The van der Waals surface area contributed by atoms with Gasteiger partial charge >= 0.3 is 0 Å². The quantitative estimate of drug-likeness (QED) is 0.319. The van der Waals surface area contributed by atoms with Crippen molar-refractivity contribution in [3.63, 3.8) is 0 Å². The van der Waals surface area contributed by atoms with Crippen LogP contribution in [0.3, 0.4) is 0 Å². The minimum absolute atomic E-state index is 0.340. The minimum atomic E-state index is -0.340. The van der Waals surface area contributed by atoms with Crippen molar-refractivity contribution in [3.8, 4) is 0 Å². The summed E-state index contributed by atoms with van der Waals surface area (Å²) in [4.78, 5) is 15.6. The van der Waals surface area contributed by atoms with Crippen molar-refractivity contribution in [3.05, 3.63) is 29.6 Å². The Balaban J connectivity index is 2.39. The summed E-state index contributed by atoms with van der Waals surface area (Å²) in [6.45, 7) is 3.21. The zero-order valence-electron chi connectivity index (χ0n) is 10.8. The third-order valence-corrected chi connectivity index (χ3v) is 2.65. The molecule has 0 fully saturated rings. The number of nitrogens with one attached hydrogen (secondary N) is 1. The van der Waals surface area contributed by atoms with Gasteiger partial charge < -0.3 is 4.74 Å². The van der Waals surface area contributed by atoms with Gasteiger partial charge in [0.2, 0.25) is 0 Å². The number of nitrogen functional groups attached to an aromatic ring is 1. The second-order valence-corrected chi connectivity index (χ2v) is 4.08. The Labute approximate surface area is 108 Å². The fourth-order valence-electron chi connectivity index (χ4n) is 1.64. The van der Waals surface area contributed by atoms with Crippen LogP contribution in [0, 0.1) is 0 Å². The number of nitrogens with two attached hydrogens (primary N) is 1. The van der Waals surface area contributed by atoms with Crippen LogP contribution in [0.25, 0.3) is 0 Å². The number of amides is 1. The van der Waals surface area contributed by atoms with E-state index in [2.05, 4.69) is 17.3 Å². The van der Waals surface area contributed by atoms with Crippen molar-refractivity contribution in [2.24, 2.45) is 5.84 Å². The number of carbonyl (C=O) groups excluding carboxylic acids is 1. The molecule has 0 radical (unpaired) electrons. The van der Waals surface area contributed by atoms with Gasteiger partial charge in [-0.25, -0.2) is 5.84 Å². The number of ether oxygens (including phenoxy) is 1. The van der Waals surface area contributed by atoms with Gasteiger partial charge in [-0.05, 0) is 18.6 Å². The zero-order valence-corrected chi connectivity index (χ0v) is 10.8. The number of rotatable bonds is 8. The molecule has 0 saturated carbocycles. The molecule has 1 heterocycles. The van der Waals surface area contributed by atoms with Gasteiger partial charge in [0, 0.05) is 12.8 Å². The predicted octanol–water partition coefficient (Wildman–Crippen LogP) is 1.78. The highest BCUT2D eigenvalue weighted by Crippen LogP contribution is 2.07. The van der Waals surface area contributed by atoms with Crippen LogP contribution >= 0.6 is 0 Å². The minimum Gasteiger partial charge on any atom is -0.375 e. The molecule has 1 amide bonds. The first kappa shape index (κ1) is 14.6. The highest BCUT2D eigenvalue weighted by Gasteiger charge is 2.10. The normalized spacial score (nSPS) is 10.3. The van der Waals surface area contributed by atoms with Gasteiger partial charge in [0.25, 0.3) is 5.91 Å². The second-order valence-electron chi connectivity index (χ2n) is 4.08. The average Bonchev–Trinajstić information content (AvgIpc) is 2.42. The lowest BCUT2D eigenvalue weighted by atomic mass is 10.2. The number of hydrogen-bond acceptors (Lipinski definition) is 4. The van der Waals surface area contributed by atoms with Crippen LogP contribution in [0.15, 0.2) is 18.3 Å². The summed E-state index contributed by atoms with van der Waals surface area (Å²) in [6, 6.07) is 3.39. The smallest absolute Gasteiger partial charge is 0.267 e. The largest absolute Gasteiger partial charge is 0.375 e. The number of nitrogens with zero attached hydrogens (tertiary/aromatic N) is 1. The van der Waals surface area contributed by atoms with Crippen molar-refractivity contribution in [1.29, 1.82) is 0 Å². The van der Waals surface area contributed by atoms with E-state index in [1.807, 2.05) is 0 Å². The Morgan fingerprint density at radius 1 is 1.44 bits per heavy atom. The Kier molecular flexibility index (Phi) is 6.98. The second kappa shape index (κ2) is 8.60. The lowest BCUT2D eigenvalue weighted by Crippen LogP contribution is -2.31. The SMILES string of the molecule is CCCCCCOCc1ncccc1C(=O)NN. The highest BCUT2D eigenvalue weighted by atomic mass is 16.5. The molecule has 0 unspecified atom stereocenters. The van der Waals surface area contributed by atoms with E-state index in [4.69, 9.17) is 10.6 Å². The summed E-state index contributed by atoms with van der Waals surface area (Å²) in [5.74, 6) is 4.77. The van der Waals surface area contributed by atoms with Gasteiger partial charge in [-0.15, -0.1) is 0 Å². The molecule has 18 heavy (non-hydrogen) atoms. The number of pyridine rings is 1. The Hall–Kier alpha value is -1.46. The number of carbonyl (C=O) groups is 1. The Bertz CT molecular complexity index is 369. The molecule has 1 aromatic rings. The van der Waals surface area contributed by atoms with Crippen molar-refractivity contribution in [1.82, 2.24) is 10.4 Å². The lowest BCUT2D eigenvalue weighted by Gasteiger charge is -2.07. The third-order valence-electron chi connectivity index (χ3n) is 2.65. The monoisotopic (exact) mass is 251 g/mol. The first-order valence-electron chi connectivity index (χ1n) is 6.32. The van der Waals surface area contributed by atoms with E-state index in [0.29, 0.717) is 24.5 Å². The number of hydrazine groups is 1. The molecule has 0 aromatic carbocycles. The molecule has 0 aliphatic rings. The van der Waals surface area contributed by atoms with Gasteiger partial charge in [0.1, 0.15) is 0 Å². The van der Waals surface area contributed by atoms with Crippen LogP contribution in [0.4, 0.5) is 0 Å². The van der Waals surface area contributed by atoms with Crippen LogP contribution in [0.1, 0.15) is 48.7 Å². The summed E-state index contributed by atoms with van der Waals surface area (Å²) in [5, 5.41) is 0. The van der Waals surface area contributed by atoms with Crippen LogP contribution in [0.5, 0.6) is 0 Å². The third kappa shape index (κ3) is 4.81. The molecule has 5 heteroatoms. The van der Waals surface area contributed by atoms with E-state index in [0.717, 1.165) is 6.42 Å². The highest BCUT2D eigenvalue weighted by molar-refractivity contribution is 5.94. The van der Waals surface area contributed by atoms with Crippen LogP contribution in [-0.2, 0) is 11.3 Å². The molecule has 3 N–H and O–H groups in total. The number of aromatic nitrogens is 1. The van der Waals surface area contributed by atoms with Gasteiger partial charge in [0.15, 0.2) is 0 Å². The molecule has 1 aromatic heterocycles. The van der Waals surface area contributed by atoms with Crippen molar-refractivity contribution in [2.45, 2.75) is 39.2 Å². The summed E-state index contributed by atoms with van der Waals surface area (Å²) in [7, 11) is 0. The first-order valence-corrected chi connectivity index (χ1v) is 6.32. The molecular formula is C13H21N3O2. The van der Waals surface area contributed by atoms with Crippen molar-refractivity contribution < 1.29 is 9.53 Å². The van der Waals surface area contributed by atoms with Gasteiger partial charge in [-0.2, -0.15) is 0 Å². The molecule has 0 saturated heterocycles. The van der Waals surface area contributed by atoms with E-state index in [9.17, 15) is 4.79 Å². The first-order chi connectivity index (χ1) is 8.79. The maximum absolute atomic E-state index is 11.5. The fraction of sp³-hybridized carbons (Fsp3) is 0.538. The Morgan fingerprint density at radius 2 is 2.28 bits per heavy atom. The predicted molar refractivity (Wildman–Crippen MR) is 69.7 cm³/mol. The lowest BCUT2D eigenvalue weighted by molar-refractivity contribution is 0.0933. The number of hydrogen-bond donors (Lipinski definition) is 2. The van der Waals surface area contributed by atoms with Crippen molar-refractivity contribution >= 4 is 5.91 Å². The zero-order chi connectivity index (χ0) is 13.2. The molecule has 100 valence electrons. The van der Waals surface area contributed by atoms with Crippen LogP contribution < -0.4 is 11.3 Å². The van der Waals surface area contributed by atoms with Crippen LogP contribution in [0.2, 0.25) is 0 Å². The molecule has 0 aliphatic carbocycles. The molecule has 0 spiro atoms. The fourth-order valence-corrected chi connectivity index (χ4v) is 1.64. The van der Waals surface area contributed by atoms with E-state index >= 15 is 0 Å². The summed E-state index contributed by atoms with van der Waals surface area (Å²) >= 11 is 0. The maximum atomic E-state index is 11.5. The van der Waals surface area contributed by atoms with Crippen LogP contribution in [-0.4, -0.2) is 17.5 Å². The van der Waals surface area contributed by atoms with E-state index in [1.54, 1.807) is 18.3 Å².